The standard InChI is InChI=1S/C18H18N6/c1-23-8-14-10-24(11-15(14)9-23)17-6-16(21-18(20)22-17)13-4-2-12(7-19)3-5-13/h2-6,8,15H,9-11H2,1H3,(H2,20,21,22)/t15-/m1/s1. The highest BCUT2D eigenvalue weighted by Gasteiger charge is 2.33. The summed E-state index contributed by atoms with van der Waals surface area (Å²) in [6, 6.07) is 11.4. The third kappa shape index (κ3) is 2.54. The number of benzene rings is 1. The summed E-state index contributed by atoms with van der Waals surface area (Å²) in [5.41, 5.74) is 9.73. The third-order valence-corrected chi connectivity index (χ3v) is 4.60. The van der Waals surface area contributed by atoms with Gasteiger partial charge >= 0.3 is 0 Å². The van der Waals surface area contributed by atoms with Crippen LogP contribution in [0, 0.1) is 17.2 Å². The molecule has 120 valence electrons. The SMILES string of the molecule is CN1C=C2CN(c3cc(-c4ccc(C#N)cc4)nc(N)n3)C[C@H]2C1. The van der Waals surface area contributed by atoms with E-state index in [4.69, 9.17) is 11.0 Å². The molecule has 1 aromatic carbocycles. The number of hydrogen-bond acceptors (Lipinski definition) is 6. The molecule has 1 aromatic heterocycles. The second kappa shape index (κ2) is 5.53. The highest BCUT2D eigenvalue weighted by molar-refractivity contribution is 5.65. The highest BCUT2D eigenvalue weighted by Crippen LogP contribution is 2.32. The topological polar surface area (TPSA) is 82.1 Å². The highest BCUT2D eigenvalue weighted by atomic mass is 15.3. The molecule has 3 heterocycles. The van der Waals surface area contributed by atoms with Gasteiger partial charge in [0, 0.05) is 50.4 Å². The predicted molar refractivity (Wildman–Crippen MR) is 93.0 cm³/mol. The molecule has 0 radical (unpaired) electrons. The van der Waals surface area contributed by atoms with Gasteiger partial charge < -0.3 is 15.5 Å². The second-order valence-corrected chi connectivity index (χ2v) is 6.38. The normalized spacial score (nSPS) is 19.2. The summed E-state index contributed by atoms with van der Waals surface area (Å²) in [7, 11) is 2.11. The van der Waals surface area contributed by atoms with Gasteiger partial charge in [-0.1, -0.05) is 12.1 Å². The number of nitrogen functional groups attached to an aromatic ring is 1. The van der Waals surface area contributed by atoms with Crippen LogP contribution in [0.3, 0.4) is 0 Å². The lowest BCUT2D eigenvalue weighted by molar-refractivity contribution is 0.442. The number of hydrogen-bond donors (Lipinski definition) is 1. The second-order valence-electron chi connectivity index (χ2n) is 6.38. The number of rotatable bonds is 2. The average Bonchev–Trinajstić information content (AvgIpc) is 3.12. The Kier molecular flexibility index (Phi) is 3.35. The maximum Gasteiger partial charge on any atom is 0.222 e. The van der Waals surface area contributed by atoms with Crippen molar-refractivity contribution in [2.24, 2.45) is 5.92 Å². The summed E-state index contributed by atoms with van der Waals surface area (Å²) in [5.74, 6) is 1.71. The zero-order valence-electron chi connectivity index (χ0n) is 13.5. The fraction of sp³-hybridized carbons (Fsp3) is 0.278. The van der Waals surface area contributed by atoms with Gasteiger partial charge in [-0.15, -0.1) is 0 Å². The summed E-state index contributed by atoms with van der Waals surface area (Å²) in [6.45, 7) is 2.91. The van der Waals surface area contributed by atoms with Crippen LogP contribution < -0.4 is 10.6 Å². The van der Waals surface area contributed by atoms with Crippen LogP contribution in [0.2, 0.25) is 0 Å². The molecule has 1 fully saturated rings. The smallest absolute Gasteiger partial charge is 0.222 e. The van der Waals surface area contributed by atoms with Gasteiger partial charge in [-0.2, -0.15) is 10.2 Å². The maximum absolute atomic E-state index is 8.92. The van der Waals surface area contributed by atoms with Gasteiger partial charge in [0.15, 0.2) is 0 Å². The van der Waals surface area contributed by atoms with Crippen molar-refractivity contribution in [3.05, 3.63) is 47.7 Å². The Morgan fingerprint density at radius 2 is 2.00 bits per heavy atom. The predicted octanol–water partition coefficient (Wildman–Crippen LogP) is 1.86. The molecule has 1 saturated heterocycles. The Bertz CT molecular complexity index is 849. The summed E-state index contributed by atoms with van der Waals surface area (Å²) in [5, 5.41) is 8.92. The van der Waals surface area contributed by atoms with Gasteiger partial charge in [-0.25, -0.2) is 4.98 Å². The number of nitriles is 1. The van der Waals surface area contributed by atoms with E-state index in [2.05, 4.69) is 39.1 Å². The number of aromatic nitrogens is 2. The molecule has 4 rings (SSSR count). The van der Waals surface area contributed by atoms with E-state index in [-0.39, 0.29) is 5.95 Å². The number of fused-ring (bicyclic) bond motifs is 1. The molecule has 2 aliphatic rings. The van der Waals surface area contributed by atoms with Crippen molar-refractivity contribution < 1.29 is 0 Å². The van der Waals surface area contributed by atoms with E-state index in [1.54, 1.807) is 12.1 Å². The molecule has 0 amide bonds. The van der Waals surface area contributed by atoms with Crippen molar-refractivity contribution in [2.45, 2.75) is 0 Å². The van der Waals surface area contributed by atoms with Crippen molar-refractivity contribution in [1.82, 2.24) is 14.9 Å². The molecule has 6 heteroatoms. The van der Waals surface area contributed by atoms with Crippen LogP contribution in [0.1, 0.15) is 5.56 Å². The zero-order valence-corrected chi connectivity index (χ0v) is 13.5. The number of nitrogens with two attached hydrogens (primary N) is 1. The Balaban J connectivity index is 1.65. The molecule has 2 aromatic rings. The van der Waals surface area contributed by atoms with Gasteiger partial charge in [0.25, 0.3) is 0 Å². The number of nitrogens with zero attached hydrogens (tertiary/aromatic N) is 5. The maximum atomic E-state index is 8.92. The third-order valence-electron chi connectivity index (χ3n) is 4.60. The molecular weight excluding hydrogens is 300 g/mol. The van der Waals surface area contributed by atoms with Crippen molar-refractivity contribution in [3.63, 3.8) is 0 Å². The lowest BCUT2D eigenvalue weighted by atomic mass is 10.1. The fourth-order valence-electron chi connectivity index (χ4n) is 3.45. The van der Waals surface area contributed by atoms with Gasteiger partial charge in [-0.05, 0) is 17.7 Å². The Morgan fingerprint density at radius 1 is 1.21 bits per heavy atom. The lowest BCUT2D eigenvalue weighted by Gasteiger charge is -2.20. The molecule has 0 spiro atoms. The Labute approximate surface area is 140 Å². The van der Waals surface area contributed by atoms with E-state index in [0.29, 0.717) is 11.5 Å². The van der Waals surface area contributed by atoms with Crippen LogP contribution in [0.25, 0.3) is 11.3 Å². The van der Waals surface area contributed by atoms with Crippen molar-refractivity contribution in [1.29, 1.82) is 5.26 Å². The van der Waals surface area contributed by atoms with Crippen LogP contribution >= 0.6 is 0 Å². The first-order chi connectivity index (χ1) is 11.6. The lowest BCUT2D eigenvalue weighted by Crippen LogP contribution is -2.25. The molecule has 2 aliphatic heterocycles. The molecule has 0 saturated carbocycles. The van der Waals surface area contributed by atoms with Crippen molar-refractivity contribution in [3.8, 4) is 17.3 Å². The van der Waals surface area contributed by atoms with E-state index >= 15 is 0 Å². The van der Waals surface area contributed by atoms with Crippen LogP contribution in [0.4, 0.5) is 11.8 Å². The average molecular weight is 318 g/mol. The largest absolute Gasteiger partial charge is 0.380 e. The van der Waals surface area contributed by atoms with Gasteiger partial charge in [-0.3, -0.25) is 0 Å². The van der Waals surface area contributed by atoms with E-state index in [1.165, 1.54) is 5.57 Å². The van der Waals surface area contributed by atoms with E-state index in [9.17, 15) is 0 Å². The molecule has 0 aliphatic carbocycles. The quantitative estimate of drug-likeness (QED) is 0.910. The van der Waals surface area contributed by atoms with Crippen LogP contribution in [0.15, 0.2) is 42.1 Å². The van der Waals surface area contributed by atoms with Crippen LogP contribution in [0.5, 0.6) is 0 Å². The minimum atomic E-state index is 0.273. The van der Waals surface area contributed by atoms with Crippen LogP contribution in [-0.4, -0.2) is 41.5 Å². The van der Waals surface area contributed by atoms with Gasteiger partial charge in [0.05, 0.1) is 17.3 Å². The summed E-state index contributed by atoms with van der Waals surface area (Å²) >= 11 is 0. The van der Waals surface area contributed by atoms with Crippen molar-refractivity contribution >= 4 is 11.8 Å². The monoisotopic (exact) mass is 318 g/mol. The minimum Gasteiger partial charge on any atom is -0.380 e. The van der Waals surface area contributed by atoms with E-state index in [1.807, 2.05) is 18.2 Å². The molecule has 2 N–H and O–H groups in total. The van der Waals surface area contributed by atoms with E-state index < -0.39 is 0 Å². The minimum absolute atomic E-state index is 0.273. The molecule has 6 nitrogen and oxygen atoms in total. The summed E-state index contributed by atoms with van der Waals surface area (Å²) in [4.78, 5) is 13.3. The zero-order chi connectivity index (χ0) is 16.7. The first-order valence-electron chi connectivity index (χ1n) is 7.93. The van der Waals surface area contributed by atoms with E-state index in [0.717, 1.165) is 36.7 Å². The molecule has 0 bridgehead atoms. The van der Waals surface area contributed by atoms with Gasteiger partial charge in [0.2, 0.25) is 5.95 Å². The fourth-order valence-corrected chi connectivity index (χ4v) is 3.45. The van der Waals surface area contributed by atoms with Crippen LogP contribution in [-0.2, 0) is 0 Å². The number of anilines is 2. The molecule has 0 unspecified atom stereocenters. The van der Waals surface area contributed by atoms with Crippen molar-refractivity contribution in [2.75, 3.05) is 37.3 Å². The molecule has 1 atom stereocenters. The Hall–Kier alpha value is -3.07. The van der Waals surface area contributed by atoms with Gasteiger partial charge in [0.1, 0.15) is 5.82 Å². The summed E-state index contributed by atoms with van der Waals surface area (Å²) in [6.07, 6.45) is 2.23. The first kappa shape index (κ1) is 14.5. The summed E-state index contributed by atoms with van der Waals surface area (Å²) < 4.78 is 0. The Morgan fingerprint density at radius 3 is 2.71 bits per heavy atom. The molecule has 24 heavy (non-hydrogen) atoms. The molecular formula is C18H18N6. The first-order valence-corrected chi connectivity index (χ1v) is 7.93.